The van der Waals surface area contributed by atoms with Crippen molar-refractivity contribution in [2.24, 2.45) is 11.7 Å². The summed E-state index contributed by atoms with van der Waals surface area (Å²) in [6.45, 7) is 0.471. The lowest BCUT2D eigenvalue weighted by Gasteiger charge is -2.30. The van der Waals surface area contributed by atoms with E-state index in [-0.39, 0.29) is 11.7 Å². The topological polar surface area (TPSA) is 94.1 Å². The van der Waals surface area contributed by atoms with Gasteiger partial charge in [-0.2, -0.15) is 0 Å². The van der Waals surface area contributed by atoms with E-state index >= 15 is 0 Å². The Hall–Kier alpha value is -1.69. The lowest BCUT2D eigenvalue weighted by atomic mass is 9.84. The number of nitrogens with two attached hydrogens (primary N) is 1. The van der Waals surface area contributed by atoms with Gasteiger partial charge in [-0.25, -0.2) is 4.98 Å². The fraction of sp³-hybridized carbons (Fsp3) is 0.615. The van der Waals surface area contributed by atoms with Gasteiger partial charge in [0.25, 0.3) is 0 Å². The average molecular weight is 264 g/mol. The number of pyridine rings is 1. The van der Waals surface area contributed by atoms with Gasteiger partial charge in [-0.15, -0.1) is 0 Å². The molecule has 19 heavy (non-hydrogen) atoms. The van der Waals surface area contributed by atoms with Crippen LogP contribution in [-0.2, 0) is 0 Å². The molecule has 0 aliphatic heterocycles. The first-order valence-corrected chi connectivity index (χ1v) is 6.78. The van der Waals surface area contributed by atoms with E-state index in [0.717, 1.165) is 12.8 Å². The summed E-state index contributed by atoms with van der Waals surface area (Å²) in [6, 6.07) is 3.10. The molecule has 104 valence electrons. The van der Waals surface area contributed by atoms with E-state index in [4.69, 9.17) is 5.73 Å². The number of anilines is 1. The van der Waals surface area contributed by atoms with Crippen LogP contribution in [-0.4, -0.2) is 22.5 Å². The second-order valence-corrected chi connectivity index (χ2v) is 5.01. The molecular weight excluding hydrogens is 244 g/mol. The van der Waals surface area contributed by atoms with Gasteiger partial charge in [-0.1, -0.05) is 19.3 Å². The van der Waals surface area contributed by atoms with Crippen molar-refractivity contribution < 1.29 is 4.92 Å². The molecule has 6 nitrogen and oxygen atoms in total. The molecule has 1 aliphatic carbocycles. The van der Waals surface area contributed by atoms with Gasteiger partial charge in [0.15, 0.2) is 0 Å². The second-order valence-electron chi connectivity index (χ2n) is 5.01. The lowest BCUT2D eigenvalue weighted by molar-refractivity contribution is -0.384. The first kappa shape index (κ1) is 13.7. The summed E-state index contributed by atoms with van der Waals surface area (Å²) in [5, 5.41) is 14.1. The highest BCUT2D eigenvalue weighted by Crippen LogP contribution is 2.29. The molecule has 1 aromatic heterocycles. The van der Waals surface area contributed by atoms with Crippen LogP contribution in [0.4, 0.5) is 11.5 Å². The highest BCUT2D eigenvalue weighted by atomic mass is 16.6. The highest BCUT2D eigenvalue weighted by molar-refractivity contribution is 5.55. The van der Waals surface area contributed by atoms with Crippen molar-refractivity contribution in [3.05, 3.63) is 28.4 Å². The van der Waals surface area contributed by atoms with Crippen molar-refractivity contribution in [2.45, 2.75) is 38.1 Å². The minimum atomic E-state index is -0.413. The number of rotatable bonds is 5. The van der Waals surface area contributed by atoms with E-state index in [2.05, 4.69) is 10.3 Å². The van der Waals surface area contributed by atoms with Crippen molar-refractivity contribution in [3.63, 3.8) is 0 Å². The molecule has 1 atom stereocenters. The number of nitrogens with zero attached hydrogens (tertiary/aromatic N) is 2. The van der Waals surface area contributed by atoms with Gasteiger partial charge in [-0.05, 0) is 24.8 Å². The maximum atomic E-state index is 11.0. The minimum absolute atomic E-state index is 0.0109. The molecule has 0 amide bonds. The van der Waals surface area contributed by atoms with Gasteiger partial charge < -0.3 is 11.1 Å². The molecule has 1 unspecified atom stereocenters. The standard InChI is InChI=1S/C13H20N4O2/c14-9-11(10-5-2-1-3-6-10)16-13-12(17(18)19)7-4-8-15-13/h4,7-8,10-11H,1-3,5-6,9,14H2,(H,15,16). The molecule has 1 aromatic rings. The summed E-state index contributed by atoms with van der Waals surface area (Å²) in [6.07, 6.45) is 7.53. The molecule has 1 saturated carbocycles. The number of nitrogens with one attached hydrogen (secondary N) is 1. The highest BCUT2D eigenvalue weighted by Gasteiger charge is 2.25. The molecular formula is C13H20N4O2. The Kier molecular flexibility index (Phi) is 4.68. The number of hydrogen-bond acceptors (Lipinski definition) is 5. The summed E-state index contributed by atoms with van der Waals surface area (Å²) in [4.78, 5) is 14.6. The fourth-order valence-corrected chi connectivity index (χ4v) is 2.74. The number of aromatic nitrogens is 1. The Bertz CT molecular complexity index is 432. The van der Waals surface area contributed by atoms with Gasteiger partial charge in [-0.3, -0.25) is 10.1 Å². The van der Waals surface area contributed by atoms with Crippen LogP contribution in [0.3, 0.4) is 0 Å². The molecule has 0 aromatic carbocycles. The van der Waals surface area contributed by atoms with E-state index < -0.39 is 4.92 Å². The fourth-order valence-electron chi connectivity index (χ4n) is 2.74. The van der Waals surface area contributed by atoms with Crippen LogP contribution < -0.4 is 11.1 Å². The molecule has 0 bridgehead atoms. The van der Waals surface area contributed by atoms with Gasteiger partial charge in [0, 0.05) is 24.8 Å². The molecule has 0 radical (unpaired) electrons. The van der Waals surface area contributed by atoms with Crippen molar-refractivity contribution >= 4 is 11.5 Å². The molecule has 6 heteroatoms. The number of hydrogen-bond donors (Lipinski definition) is 2. The Morgan fingerprint density at radius 3 is 2.84 bits per heavy atom. The summed E-state index contributed by atoms with van der Waals surface area (Å²) in [5.41, 5.74) is 5.83. The van der Waals surface area contributed by atoms with Crippen molar-refractivity contribution in [1.29, 1.82) is 0 Å². The second kappa shape index (κ2) is 6.47. The number of nitro groups is 1. The van der Waals surface area contributed by atoms with Crippen LogP contribution in [0.2, 0.25) is 0 Å². The Morgan fingerprint density at radius 2 is 2.21 bits per heavy atom. The van der Waals surface area contributed by atoms with Gasteiger partial charge >= 0.3 is 5.69 Å². The first-order chi connectivity index (χ1) is 9.22. The smallest absolute Gasteiger partial charge is 0.311 e. The zero-order valence-corrected chi connectivity index (χ0v) is 10.9. The molecule has 0 spiro atoms. The summed E-state index contributed by atoms with van der Waals surface area (Å²) in [7, 11) is 0. The summed E-state index contributed by atoms with van der Waals surface area (Å²) < 4.78 is 0. The van der Waals surface area contributed by atoms with Gasteiger partial charge in [0.05, 0.1) is 4.92 Å². The first-order valence-electron chi connectivity index (χ1n) is 6.78. The molecule has 2 rings (SSSR count). The third-order valence-corrected chi connectivity index (χ3v) is 3.78. The van der Waals surface area contributed by atoms with Crippen molar-refractivity contribution in [1.82, 2.24) is 4.98 Å². The Balaban J connectivity index is 2.11. The van der Waals surface area contributed by atoms with Crippen LogP contribution in [0.1, 0.15) is 32.1 Å². The van der Waals surface area contributed by atoms with Gasteiger partial charge in [0.2, 0.25) is 5.82 Å². The monoisotopic (exact) mass is 264 g/mol. The lowest BCUT2D eigenvalue weighted by Crippen LogP contribution is -2.37. The zero-order valence-electron chi connectivity index (χ0n) is 10.9. The van der Waals surface area contributed by atoms with Crippen LogP contribution in [0.15, 0.2) is 18.3 Å². The normalized spacial score (nSPS) is 17.9. The largest absolute Gasteiger partial charge is 0.360 e. The summed E-state index contributed by atoms with van der Waals surface area (Å²) in [5.74, 6) is 0.814. The van der Waals surface area contributed by atoms with E-state index in [1.54, 1.807) is 12.3 Å². The Labute approximate surface area is 112 Å². The predicted octanol–water partition coefficient (Wildman–Crippen LogP) is 2.31. The SMILES string of the molecule is NCC(Nc1ncccc1[N+](=O)[O-])C1CCCCC1. The van der Waals surface area contributed by atoms with Crippen LogP contribution >= 0.6 is 0 Å². The Morgan fingerprint density at radius 1 is 1.47 bits per heavy atom. The van der Waals surface area contributed by atoms with E-state index in [1.165, 1.54) is 25.3 Å². The van der Waals surface area contributed by atoms with E-state index in [0.29, 0.717) is 18.3 Å². The quantitative estimate of drug-likeness (QED) is 0.628. The maximum Gasteiger partial charge on any atom is 0.311 e. The predicted molar refractivity (Wildman–Crippen MR) is 73.9 cm³/mol. The van der Waals surface area contributed by atoms with Crippen molar-refractivity contribution in [3.8, 4) is 0 Å². The van der Waals surface area contributed by atoms with Crippen LogP contribution in [0.5, 0.6) is 0 Å². The average Bonchev–Trinajstić information content (AvgIpc) is 2.46. The molecule has 1 fully saturated rings. The zero-order chi connectivity index (χ0) is 13.7. The third kappa shape index (κ3) is 3.41. The van der Waals surface area contributed by atoms with Gasteiger partial charge in [0.1, 0.15) is 0 Å². The molecule has 0 saturated heterocycles. The van der Waals surface area contributed by atoms with E-state index in [9.17, 15) is 10.1 Å². The molecule has 3 N–H and O–H groups in total. The minimum Gasteiger partial charge on any atom is -0.360 e. The van der Waals surface area contributed by atoms with Crippen LogP contribution in [0, 0.1) is 16.0 Å². The van der Waals surface area contributed by atoms with E-state index in [1.807, 2.05) is 0 Å². The third-order valence-electron chi connectivity index (χ3n) is 3.78. The maximum absolute atomic E-state index is 11.0. The summed E-state index contributed by atoms with van der Waals surface area (Å²) >= 11 is 0. The molecule has 1 heterocycles. The van der Waals surface area contributed by atoms with Crippen LogP contribution in [0.25, 0.3) is 0 Å². The van der Waals surface area contributed by atoms with Crippen molar-refractivity contribution in [2.75, 3.05) is 11.9 Å². The molecule has 1 aliphatic rings.